The fraction of sp³-hybridized carbons (Fsp3) is 0.188. The van der Waals surface area contributed by atoms with Gasteiger partial charge in [0.25, 0.3) is 0 Å². The summed E-state index contributed by atoms with van der Waals surface area (Å²) in [5, 5.41) is 0. The number of benzene rings is 2. The van der Waals surface area contributed by atoms with Crippen LogP contribution in [0.25, 0.3) is 0 Å². The minimum absolute atomic E-state index is 0.0850. The number of Topliss-reactive ketones (excluding diaryl/α,β-unsaturated/α-hetero) is 1. The van der Waals surface area contributed by atoms with Gasteiger partial charge in [-0.05, 0) is 24.6 Å². The van der Waals surface area contributed by atoms with Crippen molar-refractivity contribution in [2.24, 2.45) is 0 Å². The van der Waals surface area contributed by atoms with Crippen LogP contribution in [0.3, 0.4) is 0 Å². The predicted octanol–water partition coefficient (Wildman–Crippen LogP) is 3.43. The zero-order chi connectivity index (χ0) is 13.0. The first-order chi connectivity index (χ1) is 8.70. The standard InChI is InChI=1S/C16H16O2/c1-12-8-9-16(18-2)14(10-12)15(17)11-13-6-4-3-5-7-13/h3-10H,11H2,1-2H3. The van der Waals surface area contributed by atoms with E-state index in [0.29, 0.717) is 17.7 Å². The Bertz CT molecular complexity index is 544. The van der Waals surface area contributed by atoms with E-state index in [1.807, 2.05) is 55.5 Å². The second kappa shape index (κ2) is 5.50. The Morgan fingerprint density at radius 1 is 1.11 bits per heavy atom. The van der Waals surface area contributed by atoms with Crippen LogP contribution >= 0.6 is 0 Å². The summed E-state index contributed by atoms with van der Waals surface area (Å²) in [5.41, 5.74) is 2.74. The van der Waals surface area contributed by atoms with Crippen LogP contribution in [0.4, 0.5) is 0 Å². The molecule has 0 aliphatic heterocycles. The van der Waals surface area contributed by atoms with Crippen molar-refractivity contribution >= 4 is 5.78 Å². The predicted molar refractivity (Wildman–Crippen MR) is 72.2 cm³/mol. The van der Waals surface area contributed by atoms with Crippen molar-refractivity contribution in [2.75, 3.05) is 7.11 Å². The van der Waals surface area contributed by atoms with E-state index in [1.54, 1.807) is 7.11 Å². The second-order valence-electron chi connectivity index (χ2n) is 4.29. The molecule has 0 radical (unpaired) electrons. The summed E-state index contributed by atoms with van der Waals surface area (Å²) in [6.45, 7) is 1.97. The second-order valence-corrected chi connectivity index (χ2v) is 4.29. The summed E-state index contributed by atoms with van der Waals surface area (Å²) in [5.74, 6) is 0.725. The normalized spacial score (nSPS) is 10.1. The molecule has 0 bridgehead atoms. The number of rotatable bonds is 4. The van der Waals surface area contributed by atoms with Gasteiger partial charge in [0.15, 0.2) is 5.78 Å². The molecule has 0 fully saturated rings. The van der Waals surface area contributed by atoms with Gasteiger partial charge in [-0.2, -0.15) is 0 Å². The summed E-state index contributed by atoms with van der Waals surface area (Å²) in [4.78, 5) is 12.3. The van der Waals surface area contributed by atoms with Crippen LogP contribution in [0.15, 0.2) is 48.5 Å². The van der Waals surface area contributed by atoms with Crippen molar-refractivity contribution in [1.82, 2.24) is 0 Å². The molecule has 0 heterocycles. The van der Waals surface area contributed by atoms with Crippen LogP contribution in [0, 0.1) is 6.92 Å². The SMILES string of the molecule is COc1ccc(C)cc1C(=O)Cc1ccccc1. The maximum Gasteiger partial charge on any atom is 0.170 e. The van der Waals surface area contributed by atoms with Crippen LogP contribution in [-0.4, -0.2) is 12.9 Å². The first-order valence-electron chi connectivity index (χ1n) is 5.92. The van der Waals surface area contributed by atoms with Gasteiger partial charge in [-0.15, -0.1) is 0 Å². The van der Waals surface area contributed by atoms with Crippen molar-refractivity contribution in [3.8, 4) is 5.75 Å². The van der Waals surface area contributed by atoms with Gasteiger partial charge < -0.3 is 4.74 Å². The molecule has 0 aliphatic carbocycles. The highest BCUT2D eigenvalue weighted by Gasteiger charge is 2.12. The number of carbonyl (C=O) groups excluding carboxylic acids is 1. The summed E-state index contributed by atoms with van der Waals surface area (Å²) < 4.78 is 5.24. The zero-order valence-corrected chi connectivity index (χ0v) is 10.6. The molecule has 0 spiro atoms. The molecule has 2 aromatic carbocycles. The molecule has 0 N–H and O–H groups in total. The minimum Gasteiger partial charge on any atom is -0.496 e. The van der Waals surface area contributed by atoms with Crippen LogP contribution in [0.1, 0.15) is 21.5 Å². The topological polar surface area (TPSA) is 26.3 Å². The molecular formula is C16H16O2. The fourth-order valence-electron chi connectivity index (χ4n) is 1.92. The lowest BCUT2D eigenvalue weighted by molar-refractivity contribution is 0.0990. The molecule has 2 heteroatoms. The van der Waals surface area contributed by atoms with Gasteiger partial charge in [0.05, 0.1) is 12.7 Å². The lowest BCUT2D eigenvalue weighted by Crippen LogP contribution is -2.06. The number of hydrogen-bond donors (Lipinski definition) is 0. The third kappa shape index (κ3) is 2.77. The largest absolute Gasteiger partial charge is 0.496 e. The first kappa shape index (κ1) is 12.4. The molecule has 0 saturated carbocycles. The third-order valence-corrected chi connectivity index (χ3v) is 2.86. The molecule has 2 aromatic rings. The summed E-state index contributed by atoms with van der Waals surface area (Å²) in [6, 6.07) is 15.4. The number of methoxy groups -OCH3 is 1. The molecule has 0 amide bonds. The Kier molecular flexibility index (Phi) is 3.78. The minimum atomic E-state index is 0.0850. The van der Waals surface area contributed by atoms with Gasteiger partial charge >= 0.3 is 0 Å². The van der Waals surface area contributed by atoms with E-state index in [-0.39, 0.29) is 5.78 Å². The molecular weight excluding hydrogens is 224 g/mol. The van der Waals surface area contributed by atoms with Crippen molar-refractivity contribution in [1.29, 1.82) is 0 Å². The molecule has 0 aromatic heterocycles. The van der Waals surface area contributed by atoms with Crippen LogP contribution < -0.4 is 4.74 Å². The lowest BCUT2D eigenvalue weighted by atomic mass is 10.0. The monoisotopic (exact) mass is 240 g/mol. The lowest BCUT2D eigenvalue weighted by Gasteiger charge is -2.08. The summed E-state index contributed by atoms with van der Waals surface area (Å²) in [7, 11) is 1.59. The van der Waals surface area contributed by atoms with E-state index in [0.717, 1.165) is 11.1 Å². The molecule has 0 unspecified atom stereocenters. The smallest absolute Gasteiger partial charge is 0.170 e. The highest BCUT2D eigenvalue weighted by molar-refractivity contribution is 6.00. The average Bonchev–Trinajstić information content (AvgIpc) is 2.40. The number of ketones is 1. The molecule has 0 saturated heterocycles. The molecule has 0 aliphatic rings. The van der Waals surface area contributed by atoms with Gasteiger partial charge in [0.2, 0.25) is 0 Å². The van der Waals surface area contributed by atoms with Gasteiger partial charge in [-0.3, -0.25) is 4.79 Å². The van der Waals surface area contributed by atoms with E-state index >= 15 is 0 Å². The maximum atomic E-state index is 12.3. The van der Waals surface area contributed by atoms with E-state index < -0.39 is 0 Å². The Hall–Kier alpha value is -2.09. The highest BCUT2D eigenvalue weighted by Crippen LogP contribution is 2.21. The Morgan fingerprint density at radius 2 is 1.83 bits per heavy atom. The third-order valence-electron chi connectivity index (χ3n) is 2.86. The Labute approximate surface area is 107 Å². The van der Waals surface area contributed by atoms with Crippen molar-refractivity contribution in [3.63, 3.8) is 0 Å². The summed E-state index contributed by atoms with van der Waals surface area (Å²) >= 11 is 0. The fourth-order valence-corrected chi connectivity index (χ4v) is 1.92. The van der Waals surface area contributed by atoms with Crippen LogP contribution in [0.5, 0.6) is 5.75 Å². The number of aryl methyl sites for hydroxylation is 1. The van der Waals surface area contributed by atoms with Gasteiger partial charge in [0.1, 0.15) is 5.75 Å². The number of hydrogen-bond acceptors (Lipinski definition) is 2. The van der Waals surface area contributed by atoms with Crippen LogP contribution in [0.2, 0.25) is 0 Å². The molecule has 2 rings (SSSR count). The first-order valence-corrected chi connectivity index (χ1v) is 5.92. The van der Waals surface area contributed by atoms with Gasteiger partial charge in [-0.25, -0.2) is 0 Å². The van der Waals surface area contributed by atoms with Gasteiger partial charge in [0, 0.05) is 6.42 Å². The van der Waals surface area contributed by atoms with Crippen molar-refractivity contribution in [2.45, 2.75) is 13.3 Å². The van der Waals surface area contributed by atoms with E-state index in [1.165, 1.54) is 0 Å². The average molecular weight is 240 g/mol. The van der Waals surface area contributed by atoms with Gasteiger partial charge in [-0.1, -0.05) is 42.0 Å². The summed E-state index contributed by atoms with van der Waals surface area (Å²) in [6.07, 6.45) is 0.403. The molecule has 18 heavy (non-hydrogen) atoms. The Morgan fingerprint density at radius 3 is 2.50 bits per heavy atom. The quantitative estimate of drug-likeness (QED) is 0.765. The molecule has 0 atom stereocenters. The zero-order valence-electron chi connectivity index (χ0n) is 10.6. The highest BCUT2D eigenvalue weighted by atomic mass is 16.5. The molecule has 2 nitrogen and oxygen atoms in total. The maximum absolute atomic E-state index is 12.3. The number of carbonyl (C=O) groups is 1. The van der Waals surface area contributed by atoms with Crippen LogP contribution in [-0.2, 0) is 6.42 Å². The van der Waals surface area contributed by atoms with E-state index in [9.17, 15) is 4.79 Å². The van der Waals surface area contributed by atoms with Crippen molar-refractivity contribution < 1.29 is 9.53 Å². The van der Waals surface area contributed by atoms with E-state index in [4.69, 9.17) is 4.74 Å². The van der Waals surface area contributed by atoms with E-state index in [2.05, 4.69) is 0 Å². The van der Waals surface area contributed by atoms with Crippen molar-refractivity contribution in [3.05, 3.63) is 65.2 Å². The molecule has 92 valence electrons. The Balaban J connectivity index is 2.26. The number of ether oxygens (including phenoxy) is 1.